The Morgan fingerprint density at radius 3 is 2.81 bits per heavy atom. The fourth-order valence-electron chi connectivity index (χ4n) is 3.55. The van der Waals surface area contributed by atoms with Crippen LogP contribution in [0.4, 0.5) is 4.79 Å². The zero-order chi connectivity index (χ0) is 18.4. The molecule has 1 heterocycles. The van der Waals surface area contributed by atoms with Gasteiger partial charge in [-0.05, 0) is 25.8 Å². The van der Waals surface area contributed by atoms with E-state index >= 15 is 0 Å². The Bertz CT molecular complexity index is 722. The quantitative estimate of drug-likeness (QED) is 0.825. The molecule has 0 bridgehead atoms. The van der Waals surface area contributed by atoms with Crippen LogP contribution in [-0.4, -0.2) is 33.9 Å². The maximum atomic E-state index is 12.9. The number of amides is 2. The Morgan fingerprint density at radius 1 is 1.35 bits per heavy atom. The van der Waals surface area contributed by atoms with Crippen molar-refractivity contribution in [2.45, 2.75) is 58.3 Å². The summed E-state index contributed by atoms with van der Waals surface area (Å²) in [5.41, 5.74) is 2.06. The largest absolute Gasteiger partial charge is 0.496 e. The highest BCUT2D eigenvalue weighted by atomic mass is 16.5. The number of hydrogen-bond donors (Lipinski definition) is 1. The van der Waals surface area contributed by atoms with Crippen molar-refractivity contribution in [1.29, 1.82) is 0 Å². The van der Waals surface area contributed by atoms with E-state index in [2.05, 4.69) is 10.4 Å². The van der Waals surface area contributed by atoms with Crippen molar-refractivity contribution in [3.63, 3.8) is 0 Å². The topological polar surface area (TPSA) is 59.4 Å². The number of carbonyl (C=O) groups excluding carboxylic acids is 1. The van der Waals surface area contributed by atoms with Gasteiger partial charge < -0.3 is 15.0 Å². The minimum atomic E-state index is -0.0212. The Morgan fingerprint density at radius 2 is 2.12 bits per heavy atom. The van der Waals surface area contributed by atoms with Crippen molar-refractivity contribution in [3.8, 4) is 5.75 Å². The minimum Gasteiger partial charge on any atom is -0.496 e. The summed E-state index contributed by atoms with van der Waals surface area (Å²) in [5.74, 6) is 0.826. The average Bonchev–Trinajstić information content (AvgIpc) is 3.36. The molecule has 0 unspecified atom stereocenters. The lowest BCUT2D eigenvalue weighted by Crippen LogP contribution is -2.44. The normalized spacial score (nSPS) is 14.4. The van der Waals surface area contributed by atoms with Gasteiger partial charge >= 0.3 is 6.03 Å². The molecule has 0 atom stereocenters. The van der Waals surface area contributed by atoms with Crippen LogP contribution >= 0.6 is 0 Å². The second-order valence-electron chi connectivity index (χ2n) is 6.74. The number of ether oxygens (including phenoxy) is 1. The number of rotatable bonds is 7. The van der Waals surface area contributed by atoms with Gasteiger partial charge in [0.15, 0.2) is 0 Å². The maximum Gasteiger partial charge on any atom is 0.318 e. The average molecular weight is 356 g/mol. The van der Waals surface area contributed by atoms with Crippen molar-refractivity contribution in [2.24, 2.45) is 0 Å². The Kier molecular flexibility index (Phi) is 6.15. The number of aromatic nitrogens is 2. The van der Waals surface area contributed by atoms with Crippen LogP contribution in [0.5, 0.6) is 5.75 Å². The molecule has 1 aromatic carbocycles. The number of carbonyl (C=O) groups is 1. The second-order valence-corrected chi connectivity index (χ2v) is 6.74. The highest BCUT2D eigenvalue weighted by Crippen LogP contribution is 2.27. The molecule has 1 N–H and O–H groups in total. The van der Waals surface area contributed by atoms with Gasteiger partial charge in [-0.3, -0.25) is 4.68 Å². The zero-order valence-electron chi connectivity index (χ0n) is 15.6. The van der Waals surface area contributed by atoms with Gasteiger partial charge in [-0.25, -0.2) is 4.79 Å². The Balaban J connectivity index is 1.69. The molecule has 1 aliphatic carbocycles. The molecule has 6 heteroatoms. The van der Waals surface area contributed by atoms with Gasteiger partial charge in [-0.15, -0.1) is 0 Å². The predicted octanol–water partition coefficient (Wildman–Crippen LogP) is 3.57. The van der Waals surface area contributed by atoms with Gasteiger partial charge in [0.2, 0.25) is 0 Å². The lowest BCUT2D eigenvalue weighted by molar-refractivity contribution is 0.170. The smallest absolute Gasteiger partial charge is 0.318 e. The molecule has 1 aromatic heterocycles. The van der Waals surface area contributed by atoms with Crippen molar-refractivity contribution in [2.75, 3.05) is 7.11 Å². The number of nitrogens with one attached hydrogen (secondary N) is 1. The standard InChI is InChI=1S/C20H28N4O2/c1-3-23-14-16(13-22-23)12-21-20(25)24(18-9-5-6-10-18)15-17-8-4-7-11-19(17)26-2/h4,7-8,11,13-14,18H,3,5-6,9-10,12,15H2,1-2H3,(H,21,25). The van der Waals surface area contributed by atoms with Gasteiger partial charge in [0.05, 0.1) is 19.9 Å². The summed E-state index contributed by atoms with van der Waals surface area (Å²) in [4.78, 5) is 14.9. The third-order valence-corrected chi connectivity index (χ3v) is 5.01. The monoisotopic (exact) mass is 356 g/mol. The molecule has 0 saturated heterocycles. The van der Waals surface area contributed by atoms with E-state index < -0.39 is 0 Å². The van der Waals surface area contributed by atoms with Crippen LogP contribution in [0, 0.1) is 0 Å². The number of urea groups is 1. The third-order valence-electron chi connectivity index (χ3n) is 5.01. The van der Waals surface area contributed by atoms with Crippen LogP contribution < -0.4 is 10.1 Å². The molecule has 1 aliphatic rings. The highest BCUT2D eigenvalue weighted by molar-refractivity contribution is 5.74. The fourth-order valence-corrected chi connectivity index (χ4v) is 3.55. The van der Waals surface area contributed by atoms with E-state index in [-0.39, 0.29) is 6.03 Å². The SMILES string of the molecule is CCn1cc(CNC(=O)N(Cc2ccccc2OC)C2CCCC2)cn1. The van der Waals surface area contributed by atoms with Crippen LogP contribution in [0.2, 0.25) is 0 Å². The molecule has 1 saturated carbocycles. The number of benzene rings is 1. The van der Waals surface area contributed by atoms with Crippen molar-refractivity contribution >= 4 is 6.03 Å². The molecular weight excluding hydrogens is 328 g/mol. The van der Waals surface area contributed by atoms with Crippen LogP contribution in [-0.2, 0) is 19.6 Å². The number of hydrogen-bond acceptors (Lipinski definition) is 3. The Hall–Kier alpha value is -2.50. The lowest BCUT2D eigenvalue weighted by atomic mass is 10.1. The first-order valence-corrected chi connectivity index (χ1v) is 9.39. The molecule has 26 heavy (non-hydrogen) atoms. The molecule has 140 valence electrons. The summed E-state index contributed by atoms with van der Waals surface area (Å²) < 4.78 is 7.33. The first kappa shape index (κ1) is 18.3. The second kappa shape index (κ2) is 8.74. The van der Waals surface area contributed by atoms with Crippen LogP contribution in [0.15, 0.2) is 36.7 Å². The number of methoxy groups -OCH3 is 1. The van der Waals surface area contributed by atoms with Crippen molar-refractivity contribution in [1.82, 2.24) is 20.0 Å². The van der Waals surface area contributed by atoms with Crippen LogP contribution in [0.3, 0.4) is 0 Å². The van der Waals surface area contributed by atoms with Gasteiger partial charge in [0.25, 0.3) is 0 Å². The Labute approximate surface area is 155 Å². The van der Waals surface area contributed by atoms with Crippen LogP contribution in [0.25, 0.3) is 0 Å². The predicted molar refractivity (Wildman–Crippen MR) is 101 cm³/mol. The molecular formula is C20H28N4O2. The molecule has 0 spiro atoms. The van der Waals surface area contributed by atoms with Crippen molar-refractivity contribution in [3.05, 3.63) is 47.8 Å². The van der Waals surface area contributed by atoms with E-state index in [0.29, 0.717) is 19.1 Å². The summed E-state index contributed by atoms with van der Waals surface area (Å²) in [7, 11) is 1.67. The molecule has 0 aliphatic heterocycles. The van der Waals surface area contributed by atoms with Gasteiger partial charge in [0.1, 0.15) is 5.75 Å². The highest BCUT2D eigenvalue weighted by Gasteiger charge is 2.27. The number of para-hydroxylation sites is 1. The summed E-state index contributed by atoms with van der Waals surface area (Å²) in [6.45, 7) is 3.93. The molecule has 3 rings (SSSR count). The van der Waals surface area contributed by atoms with E-state index in [1.54, 1.807) is 7.11 Å². The van der Waals surface area contributed by atoms with E-state index in [1.165, 1.54) is 12.8 Å². The van der Waals surface area contributed by atoms with Gasteiger partial charge in [-0.2, -0.15) is 5.10 Å². The maximum absolute atomic E-state index is 12.9. The molecule has 6 nitrogen and oxygen atoms in total. The molecule has 2 aromatic rings. The first-order chi connectivity index (χ1) is 12.7. The van der Waals surface area contributed by atoms with E-state index in [4.69, 9.17) is 4.74 Å². The van der Waals surface area contributed by atoms with E-state index in [0.717, 1.165) is 36.3 Å². The van der Waals surface area contributed by atoms with Crippen LogP contribution in [0.1, 0.15) is 43.7 Å². The summed E-state index contributed by atoms with van der Waals surface area (Å²) >= 11 is 0. The van der Waals surface area contributed by atoms with Gasteiger partial charge in [0, 0.05) is 36.5 Å². The lowest BCUT2D eigenvalue weighted by Gasteiger charge is -2.29. The first-order valence-electron chi connectivity index (χ1n) is 9.39. The van der Waals surface area contributed by atoms with E-state index in [9.17, 15) is 4.79 Å². The number of aryl methyl sites for hydroxylation is 1. The molecule has 2 amide bonds. The molecule has 1 fully saturated rings. The number of nitrogens with zero attached hydrogens (tertiary/aromatic N) is 3. The molecule has 0 radical (unpaired) electrons. The fraction of sp³-hybridized carbons (Fsp3) is 0.500. The van der Waals surface area contributed by atoms with Gasteiger partial charge in [-0.1, -0.05) is 31.0 Å². The summed E-state index contributed by atoms with van der Waals surface area (Å²) in [6.07, 6.45) is 8.28. The van der Waals surface area contributed by atoms with Crippen molar-refractivity contribution < 1.29 is 9.53 Å². The third kappa shape index (κ3) is 4.36. The summed E-state index contributed by atoms with van der Waals surface area (Å²) in [6, 6.07) is 8.18. The van der Waals surface area contributed by atoms with E-state index in [1.807, 2.05) is 53.2 Å². The minimum absolute atomic E-state index is 0.0212. The zero-order valence-corrected chi connectivity index (χ0v) is 15.6. The summed E-state index contributed by atoms with van der Waals surface area (Å²) in [5, 5.41) is 7.32.